The maximum atomic E-state index is 12.3. The van der Waals surface area contributed by atoms with Crippen LogP contribution in [0.2, 0.25) is 0 Å². The van der Waals surface area contributed by atoms with Gasteiger partial charge in [-0.25, -0.2) is 0 Å². The largest absolute Gasteiger partial charge is 0.409 e. The van der Waals surface area contributed by atoms with Crippen LogP contribution in [0.5, 0.6) is 0 Å². The Morgan fingerprint density at radius 3 is 2.10 bits per heavy atom. The van der Waals surface area contributed by atoms with Crippen LogP contribution in [0.1, 0.15) is 0 Å². The highest BCUT2D eigenvalue weighted by Gasteiger charge is 2.61. The number of hydrogen-bond acceptors (Lipinski definition) is 2. The minimum atomic E-state index is -5.74. The van der Waals surface area contributed by atoms with Crippen LogP contribution in [-0.2, 0) is 4.79 Å². The van der Waals surface area contributed by atoms with Crippen molar-refractivity contribution >= 4 is 33.2 Å². The molecule has 0 saturated carbocycles. The summed E-state index contributed by atoms with van der Waals surface area (Å²) in [6, 6.07) is 3.66. The standard InChI is InChI=1S/C10H7BrF6N2O/c11-5-2-1-4(18)3-6(5)19-8(20)7(9(12,13)14)10(15,16)17/h1-3,7H,18H2,(H,19,20). The maximum absolute atomic E-state index is 12.3. The molecule has 0 unspecified atom stereocenters. The molecule has 0 aliphatic heterocycles. The van der Waals surface area contributed by atoms with Crippen molar-refractivity contribution in [3.8, 4) is 0 Å². The number of halogens is 7. The van der Waals surface area contributed by atoms with Crippen molar-refractivity contribution in [2.45, 2.75) is 12.4 Å². The summed E-state index contributed by atoms with van der Waals surface area (Å²) in [4.78, 5) is 11.3. The summed E-state index contributed by atoms with van der Waals surface area (Å²) in [5.74, 6) is -6.33. The molecule has 1 aromatic rings. The van der Waals surface area contributed by atoms with E-state index in [9.17, 15) is 31.1 Å². The SMILES string of the molecule is Nc1ccc(Br)c(NC(=O)C(C(F)(F)F)C(F)(F)F)c1. The van der Waals surface area contributed by atoms with E-state index in [-0.39, 0.29) is 15.8 Å². The third-order valence-electron chi connectivity index (χ3n) is 2.17. The Bertz CT molecular complexity index is 499. The van der Waals surface area contributed by atoms with Crippen molar-refractivity contribution in [3.05, 3.63) is 22.7 Å². The molecule has 20 heavy (non-hydrogen) atoms. The van der Waals surface area contributed by atoms with E-state index >= 15 is 0 Å². The summed E-state index contributed by atoms with van der Waals surface area (Å²) < 4.78 is 74.1. The Morgan fingerprint density at radius 2 is 1.65 bits per heavy atom. The number of carbonyl (C=O) groups excluding carboxylic acids is 1. The zero-order chi connectivity index (χ0) is 15.7. The second-order valence-electron chi connectivity index (χ2n) is 3.74. The fourth-order valence-electron chi connectivity index (χ4n) is 1.33. The highest BCUT2D eigenvalue weighted by atomic mass is 79.9. The summed E-state index contributed by atoms with van der Waals surface area (Å²) in [6.07, 6.45) is -11.5. The molecule has 3 nitrogen and oxygen atoms in total. The first-order valence-electron chi connectivity index (χ1n) is 4.92. The van der Waals surface area contributed by atoms with Crippen molar-refractivity contribution in [2.24, 2.45) is 5.92 Å². The van der Waals surface area contributed by atoms with E-state index in [0.717, 1.165) is 6.07 Å². The molecule has 3 N–H and O–H groups in total. The van der Waals surface area contributed by atoms with Crippen LogP contribution in [0.15, 0.2) is 22.7 Å². The second kappa shape index (κ2) is 5.51. The molecule has 0 bridgehead atoms. The molecule has 0 saturated heterocycles. The number of nitrogens with one attached hydrogen (secondary N) is 1. The Labute approximate surface area is 117 Å². The van der Waals surface area contributed by atoms with E-state index in [1.807, 2.05) is 0 Å². The first-order chi connectivity index (χ1) is 8.93. The van der Waals surface area contributed by atoms with Gasteiger partial charge >= 0.3 is 12.4 Å². The predicted octanol–water partition coefficient (Wildman–Crippen LogP) is 3.71. The molecular formula is C10H7BrF6N2O. The molecule has 0 radical (unpaired) electrons. The number of alkyl halides is 6. The second-order valence-corrected chi connectivity index (χ2v) is 4.60. The molecule has 0 fully saturated rings. The van der Waals surface area contributed by atoms with Crippen LogP contribution in [0.25, 0.3) is 0 Å². The van der Waals surface area contributed by atoms with E-state index in [1.54, 1.807) is 5.32 Å². The molecule has 1 rings (SSSR count). The van der Waals surface area contributed by atoms with Gasteiger partial charge in [-0.15, -0.1) is 0 Å². The third-order valence-corrected chi connectivity index (χ3v) is 2.86. The molecule has 0 aliphatic rings. The van der Waals surface area contributed by atoms with E-state index < -0.39 is 24.2 Å². The number of hydrogen-bond donors (Lipinski definition) is 2. The lowest BCUT2D eigenvalue weighted by atomic mass is 10.1. The Morgan fingerprint density at radius 1 is 1.15 bits per heavy atom. The van der Waals surface area contributed by atoms with Gasteiger partial charge in [0, 0.05) is 10.2 Å². The molecule has 0 heterocycles. The Balaban J connectivity index is 3.07. The number of amides is 1. The van der Waals surface area contributed by atoms with Gasteiger partial charge < -0.3 is 11.1 Å². The number of anilines is 2. The first-order valence-corrected chi connectivity index (χ1v) is 5.71. The zero-order valence-corrected chi connectivity index (χ0v) is 11.0. The quantitative estimate of drug-likeness (QED) is 0.620. The number of nitrogen functional groups attached to an aromatic ring is 1. The minimum Gasteiger partial charge on any atom is -0.399 e. The Hall–Kier alpha value is -1.45. The lowest BCUT2D eigenvalue weighted by Crippen LogP contribution is -2.45. The van der Waals surface area contributed by atoms with Gasteiger partial charge in [0.05, 0.1) is 5.69 Å². The Kier molecular flexibility index (Phi) is 4.57. The number of benzene rings is 1. The molecule has 0 spiro atoms. The van der Waals surface area contributed by atoms with Gasteiger partial charge in [0.15, 0.2) is 0 Å². The molecule has 0 aliphatic carbocycles. The summed E-state index contributed by atoms with van der Waals surface area (Å²) in [6.45, 7) is 0. The van der Waals surface area contributed by atoms with Crippen molar-refractivity contribution < 1.29 is 31.1 Å². The maximum Gasteiger partial charge on any atom is 0.409 e. The van der Waals surface area contributed by atoms with Crippen molar-refractivity contribution in [1.82, 2.24) is 0 Å². The van der Waals surface area contributed by atoms with Crippen molar-refractivity contribution in [1.29, 1.82) is 0 Å². The average molecular weight is 365 g/mol. The van der Waals surface area contributed by atoms with Crippen LogP contribution in [0.3, 0.4) is 0 Å². The number of rotatable bonds is 2. The van der Waals surface area contributed by atoms with Crippen LogP contribution >= 0.6 is 15.9 Å². The van der Waals surface area contributed by atoms with Gasteiger partial charge in [-0.1, -0.05) is 0 Å². The fourth-order valence-corrected chi connectivity index (χ4v) is 1.67. The van der Waals surface area contributed by atoms with E-state index in [0.29, 0.717) is 0 Å². The van der Waals surface area contributed by atoms with Gasteiger partial charge in [-0.05, 0) is 34.1 Å². The van der Waals surface area contributed by atoms with Gasteiger partial charge in [-0.3, -0.25) is 4.79 Å². The summed E-state index contributed by atoms with van der Waals surface area (Å²) in [5.41, 5.74) is 5.12. The topological polar surface area (TPSA) is 55.1 Å². The smallest absolute Gasteiger partial charge is 0.399 e. The minimum absolute atomic E-state index is 0.0686. The first kappa shape index (κ1) is 16.6. The van der Waals surface area contributed by atoms with Gasteiger partial charge in [0.2, 0.25) is 11.8 Å². The van der Waals surface area contributed by atoms with E-state index in [4.69, 9.17) is 5.73 Å². The van der Waals surface area contributed by atoms with Crippen LogP contribution < -0.4 is 11.1 Å². The van der Waals surface area contributed by atoms with Crippen molar-refractivity contribution in [2.75, 3.05) is 11.1 Å². The fraction of sp³-hybridized carbons (Fsp3) is 0.300. The van der Waals surface area contributed by atoms with Crippen molar-refractivity contribution in [3.63, 3.8) is 0 Å². The third kappa shape index (κ3) is 4.02. The normalized spacial score (nSPS) is 12.6. The van der Waals surface area contributed by atoms with E-state index in [1.165, 1.54) is 12.1 Å². The molecule has 10 heteroatoms. The molecule has 0 aromatic heterocycles. The molecule has 0 atom stereocenters. The molecule has 1 amide bonds. The van der Waals surface area contributed by atoms with Crippen LogP contribution in [0.4, 0.5) is 37.7 Å². The van der Waals surface area contributed by atoms with E-state index in [2.05, 4.69) is 15.9 Å². The number of nitrogens with two attached hydrogens (primary N) is 1. The number of carbonyl (C=O) groups is 1. The lowest BCUT2D eigenvalue weighted by molar-refractivity contribution is -0.272. The molecule has 1 aromatic carbocycles. The summed E-state index contributed by atoms with van der Waals surface area (Å²) in [7, 11) is 0. The molecule has 112 valence electrons. The van der Waals surface area contributed by atoms with Gasteiger partial charge in [0.1, 0.15) is 0 Å². The monoisotopic (exact) mass is 364 g/mol. The summed E-state index contributed by atoms with van der Waals surface area (Å²) >= 11 is 2.88. The zero-order valence-electron chi connectivity index (χ0n) is 9.44. The average Bonchev–Trinajstić information content (AvgIpc) is 2.18. The molecular weight excluding hydrogens is 358 g/mol. The van der Waals surface area contributed by atoms with Crippen LogP contribution in [0, 0.1) is 5.92 Å². The van der Waals surface area contributed by atoms with Gasteiger partial charge in [0.25, 0.3) is 0 Å². The highest BCUT2D eigenvalue weighted by molar-refractivity contribution is 9.10. The highest BCUT2D eigenvalue weighted by Crippen LogP contribution is 2.40. The lowest BCUT2D eigenvalue weighted by Gasteiger charge is -2.22. The van der Waals surface area contributed by atoms with Crippen LogP contribution in [-0.4, -0.2) is 18.3 Å². The predicted molar refractivity (Wildman–Crippen MR) is 62.8 cm³/mol. The summed E-state index contributed by atoms with van der Waals surface area (Å²) in [5, 5.41) is 1.56. The van der Waals surface area contributed by atoms with Gasteiger partial charge in [-0.2, -0.15) is 26.3 Å².